The third-order valence-electron chi connectivity index (χ3n) is 7.91. The predicted octanol–water partition coefficient (Wildman–Crippen LogP) is 7.36. The van der Waals surface area contributed by atoms with Crippen LogP contribution in [0.1, 0.15) is 55.3 Å². The SMILES string of the molecule is O=C(NC1CCC(CCN2CCCC2)CC1)c1ccc(S(=O)(=O)Nc2ccccc2Oc2ccc(Cl)c(Cl)c2)cc1. The van der Waals surface area contributed by atoms with Crippen LogP contribution in [-0.2, 0) is 10.0 Å². The number of hydrogen-bond donors (Lipinski definition) is 2. The lowest BCUT2D eigenvalue weighted by Crippen LogP contribution is -2.38. The molecule has 5 rings (SSSR count). The highest BCUT2D eigenvalue weighted by atomic mass is 35.5. The van der Waals surface area contributed by atoms with Crippen molar-refractivity contribution < 1.29 is 17.9 Å². The number of para-hydroxylation sites is 2. The maximum Gasteiger partial charge on any atom is 0.262 e. The number of ether oxygens (including phenoxy) is 1. The molecule has 1 heterocycles. The molecular formula is C31H35Cl2N3O4S. The Morgan fingerprint density at radius 1 is 0.902 bits per heavy atom. The molecule has 3 aromatic carbocycles. The zero-order valence-electron chi connectivity index (χ0n) is 22.8. The first-order valence-corrected chi connectivity index (χ1v) is 16.4. The van der Waals surface area contributed by atoms with Crippen molar-refractivity contribution in [2.24, 2.45) is 5.92 Å². The first kappa shape index (κ1) is 29.7. The summed E-state index contributed by atoms with van der Waals surface area (Å²) < 4.78 is 34.8. The standard InChI is InChI=1S/C31H35Cl2N3O4S/c32-27-16-13-25(21-28(27)33)40-30-6-2-1-5-29(30)35-41(38,39)26-14-9-23(10-15-26)31(37)34-24-11-7-22(8-12-24)17-20-36-18-3-4-19-36/h1-2,5-6,9-10,13-16,21-22,24,35H,3-4,7-8,11-12,17-20H2,(H,34,37). The number of likely N-dealkylation sites (tertiary alicyclic amines) is 1. The maximum atomic E-state index is 13.2. The van der Waals surface area contributed by atoms with Crippen LogP contribution in [0.5, 0.6) is 11.5 Å². The molecule has 218 valence electrons. The molecule has 1 aliphatic carbocycles. The quantitative estimate of drug-likeness (QED) is 0.249. The van der Waals surface area contributed by atoms with Gasteiger partial charge in [0.1, 0.15) is 5.75 Å². The molecule has 0 bridgehead atoms. The number of rotatable bonds is 10. The third kappa shape index (κ3) is 7.95. The lowest BCUT2D eigenvalue weighted by Gasteiger charge is -2.30. The van der Waals surface area contributed by atoms with Gasteiger partial charge in [0.05, 0.1) is 20.6 Å². The lowest BCUT2D eigenvalue weighted by atomic mass is 9.84. The molecule has 41 heavy (non-hydrogen) atoms. The third-order valence-corrected chi connectivity index (χ3v) is 10.0. The van der Waals surface area contributed by atoms with Crippen LogP contribution in [0.4, 0.5) is 5.69 Å². The molecule has 1 saturated heterocycles. The molecule has 1 saturated carbocycles. The largest absolute Gasteiger partial charge is 0.455 e. The van der Waals surface area contributed by atoms with Crippen LogP contribution in [0.2, 0.25) is 10.0 Å². The van der Waals surface area contributed by atoms with E-state index in [1.54, 1.807) is 54.6 Å². The predicted molar refractivity (Wildman–Crippen MR) is 164 cm³/mol. The van der Waals surface area contributed by atoms with Gasteiger partial charge in [-0.2, -0.15) is 0 Å². The van der Waals surface area contributed by atoms with E-state index in [0.29, 0.717) is 27.1 Å². The van der Waals surface area contributed by atoms with Crippen LogP contribution in [0.15, 0.2) is 71.6 Å². The summed E-state index contributed by atoms with van der Waals surface area (Å²) in [4.78, 5) is 15.5. The number of carbonyl (C=O) groups excluding carboxylic acids is 1. The van der Waals surface area contributed by atoms with Gasteiger partial charge in [0.15, 0.2) is 5.75 Å². The minimum Gasteiger partial charge on any atom is -0.455 e. The van der Waals surface area contributed by atoms with Crippen LogP contribution in [-0.4, -0.2) is 44.9 Å². The summed E-state index contributed by atoms with van der Waals surface area (Å²) in [5.74, 6) is 1.27. The summed E-state index contributed by atoms with van der Waals surface area (Å²) in [6.45, 7) is 3.67. The van der Waals surface area contributed by atoms with Crippen molar-refractivity contribution in [3.05, 3.63) is 82.3 Å². The fourth-order valence-electron chi connectivity index (χ4n) is 5.53. The van der Waals surface area contributed by atoms with E-state index in [-0.39, 0.29) is 22.5 Å². The van der Waals surface area contributed by atoms with Gasteiger partial charge >= 0.3 is 0 Å². The lowest BCUT2D eigenvalue weighted by molar-refractivity contribution is 0.0920. The monoisotopic (exact) mass is 615 g/mol. The average molecular weight is 617 g/mol. The van der Waals surface area contributed by atoms with E-state index in [2.05, 4.69) is 14.9 Å². The second kappa shape index (κ2) is 13.5. The minimum absolute atomic E-state index is 0.0388. The molecule has 1 aliphatic heterocycles. The van der Waals surface area contributed by atoms with E-state index >= 15 is 0 Å². The number of amides is 1. The van der Waals surface area contributed by atoms with Crippen molar-refractivity contribution in [2.75, 3.05) is 24.4 Å². The second-order valence-electron chi connectivity index (χ2n) is 10.8. The summed E-state index contributed by atoms with van der Waals surface area (Å²) in [5, 5.41) is 3.86. The van der Waals surface area contributed by atoms with Gasteiger partial charge in [-0.3, -0.25) is 9.52 Å². The molecule has 10 heteroatoms. The van der Waals surface area contributed by atoms with Gasteiger partial charge in [0.2, 0.25) is 0 Å². The Bertz CT molecular complexity index is 1450. The minimum atomic E-state index is -3.94. The van der Waals surface area contributed by atoms with Crippen LogP contribution in [0.25, 0.3) is 0 Å². The Morgan fingerprint density at radius 3 is 2.32 bits per heavy atom. The summed E-state index contributed by atoms with van der Waals surface area (Å²) in [5.41, 5.74) is 0.694. The number of nitrogens with one attached hydrogen (secondary N) is 2. The Kier molecular flexibility index (Phi) is 9.75. The number of sulfonamides is 1. The van der Waals surface area contributed by atoms with Crippen LogP contribution in [0.3, 0.4) is 0 Å². The van der Waals surface area contributed by atoms with Crippen molar-refractivity contribution in [3.8, 4) is 11.5 Å². The zero-order valence-corrected chi connectivity index (χ0v) is 25.1. The average Bonchev–Trinajstić information content (AvgIpc) is 3.49. The zero-order chi connectivity index (χ0) is 28.8. The molecule has 2 fully saturated rings. The van der Waals surface area contributed by atoms with Gasteiger partial charge in [-0.05, 0) is 119 Å². The number of carbonyl (C=O) groups is 1. The first-order valence-electron chi connectivity index (χ1n) is 14.1. The van der Waals surface area contributed by atoms with Gasteiger partial charge in [-0.1, -0.05) is 35.3 Å². The molecule has 0 radical (unpaired) electrons. The second-order valence-corrected chi connectivity index (χ2v) is 13.3. The van der Waals surface area contributed by atoms with Crippen molar-refractivity contribution in [3.63, 3.8) is 0 Å². The maximum absolute atomic E-state index is 13.2. The Hall–Kier alpha value is -2.78. The van der Waals surface area contributed by atoms with Gasteiger partial charge in [0.25, 0.3) is 15.9 Å². The van der Waals surface area contributed by atoms with Crippen molar-refractivity contribution in [1.82, 2.24) is 10.2 Å². The Labute approximate surface area is 252 Å². The molecule has 0 aromatic heterocycles. The Morgan fingerprint density at radius 2 is 1.61 bits per heavy atom. The van der Waals surface area contributed by atoms with Gasteiger partial charge in [-0.25, -0.2) is 8.42 Å². The molecular weight excluding hydrogens is 581 g/mol. The van der Waals surface area contributed by atoms with E-state index in [4.69, 9.17) is 27.9 Å². The van der Waals surface area contributed by atoms with E-state index < -0.39 is 10.0 Å². The molecule has 0 atom stereocenters. The van der Waals surface area contributed by atoms with Crippen LogP contribution >= 0.6 is 23.2 Å². The molecule has 2 N–H and O–H groups in total. The van der Waals surface area contributed by atoms with Crippen molar-refractivity contribution in [1.29, 1.82) is 0 Å². The van der Waals surface area contributed by atoms with E-state index in [1.165, 1.54) is 51.0 Å². The Balaban J connectivity index is 1.15. The van der Waals surface area contributed by atoms with Crippen molar-refractivity contribution >= 4 is 44.8 Å². The number of hydrogen-bond acceptors (Lipinski definition) is 5. The van der Waals surface area contributed by atoms with E-state index in [1.807, 2.05) is 0 Å². The van der Waals surface area contributed by atoms with Crippen molar-refractivity contribution in [2.45, 2.75) is 55.9 Å². The number of anilines is 1. The molecule has 0 unspecified atom stereocenters. The fourth-order valence-corrected chi connectivity index (χ4v) is 6.89. The summed E-state index contributed by atoms with van der Waals surface area (Å²) >= 11 is 12.1. The van der Waals surface area contributed by atoms with Crippen LogP contribution in [0, 0.1) is 5.92 Å². The highest BCUT2D eigenvalue weighted by molar-refractivity contribution is 7.92. The molecule has 1 amide bonds. The summed E-state index contributed by atoms with van der Waals surface area (Å²) in [6, 6.07) is 17.6. The van der Waals surface area contributed by atoms with Crippen LogP contribution < -0.4 is 14.8 Å². The molecule has 7 nitrogen and oxygen atoms in total. The topological polar surface area (TPSA) is 87.7 Å². The van der Waals surface area contributed by atoms with Gasteiger partial charge < -0.3 is 15.0 Å². The summed E-state index contributed by atoms with van der Waals surface area (Å²) in [7, 11) is -3.94. The molecule has 2 aliphatic rings. The fraction of sp³-hybridized carbons (Fsp3) is 0.387. The normalized spacial score (nSPS) is 19.6. The molecule has 3 aromatic rings. The smallest absolute Gasteiger partial charge is 0.262 e. The number of benzene rings is 3. The number of halogens is 2. The van der Waals surface area contributed by atoms with E-state index in [0.717, 1.165) is 31.6 Å². The highest BCUT2D eigenvalue weighted by Gasteiger charge is 2.24. The van der Waals surface area contributed by atoms with E-state index in [9.17, 15) is 13.2 Å². The molecule has 0 spiro atoms. The van der Waals surface area contributed by atoms with Gasteiger partial charge in [0, 0.05) is 17.7 Å². The first-order chi connectivity index (χ1) is 19.8. The van der Waals surface area contributed by atoms with Gasteiger partial charge in [-0.15, -0.1) is 0 Å². The highest BCUT2D eigenvalue weighted by Crippen LogP contribution is 2.34. The summed E-state index contributed by atoms with van der Waals surface area (Å²) in [6.07, 6.45) is 8.14. The number of nitrogens with zero attached hydrogens (tertiary/aromatic N) is 1.